The standard InChI is InChI=1S/C21H34N2O6Si.C21H32N2O6Si/c2*1-14-10-18(23(26)27)17(12-19(14)28-5)20(25)22-9-8-16(24)11-15(22)13-29-30(6,7)21(2,3)4/h10,12,15-16,24H,8-9,11,13H2,1-7H3;10,12,15H,8-9,11,13H2,1-7H3/t15-,16-;15-/m00/s1. The van der Waals surface area contributed by atoms with Crippen LogP contribution in [0, 0.1) is 34.1 Å². The van der Waals surface area contributed by atoms with Gasteiger partial charge in [0.15, 0.2) is 16.6 Å². The van der Waals surface area contributed by atoms with Crippen LogP contribution in [0.15, 0.2) is 24.3 Å². The summed E-state index contributed by atoms with van der Waals surface area (Å²) in [4.78, 5) is 64.1. The third-order valence-electron chi connectivity index (χ3n) is 12.5. The van der Waals surface area contributed by atoms with Crippen molar-refractivity contribution in [1.29, 1.82) is 0 Å². The first kappa shape index (κ1) is 50.1. The molecule has 3 atom stereocenters. The number of aliphatic hydroxyl groups is 1. The molecule has 60 heavy (non-hydrogen) atoms. The molecule has 2 aliphatic heterocycles. The molecule has 16 nitrogen and oxygen atoms in total. The number of ether oxygens (including phenoxy) is 2. The smallest absolute Gasteiger partial charge is 0.282 e. The number of nitro groups is 2. The van der Waals surface area contributed by atoms with E-state index in [4.69, 9.17) is 18.3 Å². The lowest BCUT2D eigenvalue weighted by molar-refractivity contribution is -0.385. The van der Waals surface area contributed by atoms with Crippen LogP contribution in [0.3, 0.4) is 0 Å². The van der Waals surface area contributed by atoms with Gasteiger partial charge in [0.25, 0.3) is 23.2 Å². The zero-order valence-electron chi connectivity index (χ0n) is 37.9. The number of nitro benzene ring substituents is 2. The fourth-order valence-electron chi connectivity index (χ4n) is 6.56. The van der Waals surface area contributed by atoms with Crippen LogP contribution in [-0.2, 0) is 13.6 Å². The molecule has 0 aromatic heterocycles. The van der Waals surface area contributed by atoms with Gasteiger partial charge < -0.3 is 33.2 Å². The minimum atomic E-state index is -2.08. The van der Waals surface area contributed by atoms with E-state index in [1.165, 1.54) is 38.5 Å². The van der Waals surface area contributed by atoms with Gasteiger partial charge in [-0.05, 0) is 74.1 Å². The van der Waals surface area contributed by atoms with Crippen molar-refractivity contribution < 1.29 is 47.7 Å². The van der Waals surface area contributed by atoms with E-state index in [9.17, 15) is 39.7 Å². The molecule has 2 aromatic carbocycles. The minimum Gasteiger partial charge on any atom is -0.496 e. The lowest BCUT2D eigenvalue weighted by atomic mass is 9.98. The van der Waals surface area contributed by atoms with Gasteiger partial charge in [0, 0.05) is 50.2 Å². The summed E-state index contributed by atoms with van der Waals surface area (Å²) in [6.07, 6.45) is 0.719. The molecule has 1 N–H and O–H groups in total. The summed E-state index contributed by atoms with van der Waals surface area (Å²) in [5.74, 6) is -0.00731. The maximum absolute atomic E-state index is 13.4. The van der Waals surface area contributed by atoms with Gasteiger partial charge in [0.2, 0.25) is 0 Å². The number of likely N-dealkylation sites (tertiary alicyclic amines) is 2. The minimum absolute atomic E-state index is 0.00355. The van der Waals surface area contributed by atoms with Crippen LogP contribution >= 0.6 is 0 Å². The fourth-order valence-corrected chi connectivity index (χ4v) is 8.64. The molecule has 2 heterocycles. The highest BCUT2D eigenvalue weighted by molar-refractivity contribution is 6.74. The Balaban J connectivity index is 0.000000320. The zero-order valence-corrected chi connectivity index (χ0v) is 39.9. The Hall–Kier alpha value is -4.24. The topological polar surface area (TPSA) is 201 Å². The molecule has 18 heteroatoms. The number of hydrogen-bond donors (Lipinski definition) is 1. The largest absolute Gasteiger partial charge is 0.496 e. The Morgan fingerprint density at radius 3 is 1.53 bits per heavy atom. The Morgan fingerprint density at radius 1 is 0.750 bits per heavy atom. The third kappa shape index (κ3) is 12.0. The van der Waals surface area contributed by atoms with Gasteiger partial charge in [0.05, 0.1) is 55.5 Å². The van der Waals surface area contributed by atoms with Crippen molar-refractivity contribution in [3.63, 3.8) is 0 Å². The summed E-state index contributed by atoms with van der Waals surface area (Å²) in [6, 6.07) is 4.78. The van der Waals surface area contributed by atoms with Crippen LogP contribution in [-0.4, -0.2) is 118 Å². The summed E-state index contributed by atoms with van der Waals surface area (Å²) >= 11 is 0. The SMILES string of the molecule is COc1cc(C(=O)N2CCC(=O)C[C@H]2CO[Si](C)(C)C(C)(C)C)c([N+](=O)[O-])cc1C.COc1cc(C(=O)N2CC[C@H](O)C[C@H]2CO[Si](C)(C)C(C)(C)C)c([N+](=O)[O-])cc1C. The number of Topliss-reactive ketones (excluding diaryl/α,β-unsaturated/α-hetero) is 1. The number of methoxy groups -OCH3 is 2. The highest BCUT2D eigenvalue weighted by Gasteiger charge is 2.42. The number of amides is 2. The summed E-state index contributed by atoms with van der Waals surface area (Å²) < 4.78 is 23.1. The van der Waals surface area contributed by atoms with Gasteiger partial charge in [-0.1, -0.05) is 41.5 Å². The first-order valence-corrected chi connectivity index (χ1v) is 26.1. The van der Waals surface area contributed by atoms with E-state index in [0.29, 0.717) is 48.6 Å². The molecule has 2 saturated heterocycles. The number of ketones is 1. The Kier molecular flexibility index (Phi) is 16.4. The number of aliphatic hydroxyl groups excluding tert-OH is 1. The molecule has 2 aliphatic rings. The molecular formula is C42H66N4O12Si2. The number of carbonyl (C=O) groups excluding carboxylic acids is 3. The highest BCUT2D eigenvalue weighted by Crippen LogP contribution is 2.39. The van der Waals surface area contributed by atoms with E-state index in [1.807, 2.05) is 0 Å². The van der Waals surface area contributed by atoms with Gasteiger partial charge in [-0.2, -0.15) is 0 Å². The molecule has 0 aliphatic carbocycles. The predicted molar refractivity (Wildman–Crippen MR) is 234 cm³/mol. The number of nitrogens with zero attached hydrogens (tertiary/aromatic N) is 4. The Morgan fingerprint density at radius 2 is 1.15 bits per heavy atom. The number of benzene rings is 2. The Labute approximate surface area is 356 Å². The third-order valence-corrected chi connectivity index (χ3v) is 21.5. The summed E-state index contributed by atoms with van der Waals surface area (Å²) in [5, 5.41) is 33.4. The molecule has 0 bridgehead atoms. The van der Waals surface area contributed by atoms with E-state index in [1.54, 1.807) is 23.6 Å². The van der Waals surface area contributed by atoms with Crippen LogP contribution in [0.25, 0.3) is 0 Å². The Bertz CT molecular complexity index is 1920. The monoisotopic (exact) mass is 874 g/mol. The zero-order chi connectivity index (χ0) is 45.7. The van der Waals surface area contributed by atoms with Crippen molar-refractivity contribution in [2.24, 2.45) is 0 Å². The first-order chi connectivity index (χ1) is 27.6. The molecule has 2 aromatic rings. The molecule has 2 amide bonds. The van der Waals surface area contributed by atoms with Gasteiger partial charge in [-0.3, -0.25) is 34.6 Å². The van der Waals surface area contributed by atoms with Crippen LogP contribution in [0.1, 0.15) is 99.1 Å². The fraction of sp³-hybridized carbons (Fsp3) is 0.643. The van der Waals surface area contributed by atoms with Gasteiger partial charge in [-0.25, -0.2) is 0 Å². The first-order valence-electron chi connectivity index (χ1n) is 20.3. The summed E-state index contributed by atoms with van der Waals surface area (Å²) in [5.41, 5.74) is 0.623. The average Bonchev–Trinajstić information content (AvgIpc) is 3.15. The van der Waals surface area contributed by atoms with Crippen molar-refractivity contribution in [2.45, 2.75) is 136 Å². The number of aryl methyl sites for hydroxylation is 2. The van der Waals surface area contributed by atoms with Crippen molar-refractivity contribution in [1.82, 2.24) is 9.80 Å². The van der Waals surface area contributed by atoms with Crippen molar-refractivity contribution in [3.8, 4) is 11.5 Å². The predicted octanol–water partition coefficient (Wildman–Crippen LogP) is 8.01. The second kappa shape index (κ2) is 19.6. The van der Waals surface area contributed by atoms with Crippen molar-refractivity contribution >= 4 is 45.6 Å². The van der Waals surface area contributed by atoms with Crippen molar-refractivity contribution in [2.75, 3.05) is 40.5 Å². The van der Waals surface area contributed by atoms with Gasteiger partial charge in [-0.15, -0.1) is 0 Å². The number of hydrogen-bond acceptors (Lipinski definition) is 12. The molecule has 0 unspecified atom stereocenters. The molecular weight excluding hydrogens is 809 g/mol. The second-order valence-electron chi connectivity index (χ2n) is 18.8. The number of rotatable bonds is 12. The van der Waals surface area contributed by atoms with Crippen LogP contribution in [0.4, 0.5) is 11.4 Å². The molecule has 0 saturated carbocycles. The lowest BCUT2D eigenvalue weighted by Gasteiger charge is -2.42. The quantitative estimate of drug-likeness (QED) is 0.123. The number of carbonyl (C=O) groups is 3. The van der Waals surface area contributed by atoms with E-state index < -0.39 is 50.4 Å². The van der Waals surface area contributed by atoms with Crippen LogP contribution in [0.2, 0.25) is 36.3 Å². The van der Waals surface area contributed by atoms with Gasteiger partial charge >= 0.3 is 0 Å². The van der Waals surface area contributed by atoms with E-state index >= 15 is 0 Å². The lowest BCUT2D eigenvalue weighted by Crippen LogP contribution is -2.52. The molecule has 334 valence electrons. The normalized spacial score (nSPS) is 19.0. The molecule has 0 radical (unpaired) electrons. The van der Waals surface area contributed by atoms with E-state index in [0.717, 1.165) is 0 Å². The number of piperidine rings is 2. The summed E-state index contributed by atoms with van der Waals surface area (Å²) in [7, 11) is -1.21. The maximum atomic E-state index is 13.4. The maximum Gasteiger partial charge on any atom is 0.282 e. The van der Waals surface area contributed by atoms with Gasteiger partial charge in [0.1, 0.15) is 28.4 Å². The van der Waals surface area contributed by atoms with Crippen molar-refractivity contribution in [3.05, 3.63) is 66.7 Å². The molecule has 4 rings (SSSR count). The van der Waals surface area contributed by atoms with Crippen LogP contribution in [0.5, 0.6) is 11.5 Å². The average molecular weight is 875 g/mol. The molecule has 2 fully saturated rings. The highest BCUT2D eigenvalue weighted by atomic mass is 28.4. The van der Waals surface area contributed by atoms with E-state index in [2.05, 4.69) is 67.7 Å². The van der Waals surface area contributed by atoms with Crippen LogP contribution < -0.4 is 9.47 Å². The second-order valence-corrected chi connectivity index (χ2v) is 28.4. The molecule has 0 spiro atoms. The summed E-state index contributed by atoms with van der Waals surface area (Å²) in [6.45, 7) is 25.7. The van der Waals surface area contributed by atoms with E-state index in [-0.39, 0.29) is 70.4 Å².